The van der Waals surface area contributed by atoms with Crippen molar-refractivity contribution >= 4 is 0 Å². The third kappa shape index (κ3) is 1.61. The maximum Gasteiger partial charge on any atom is -0.0352 e. The lowest BCUT2D eigenvalue weighted by atomic mass is 9.83. The average molecular weight is 194 g/mol. The molecule has 2 aliphatic carbocycles. The van der Waals surface area contributed by atoms with E-state index in [9.17, 15) is 0 Å². The monoisotopic (exact) mass is 194 g/mol. The summed E-state index contributed by atoms with van der Waals surface area (Å²) in [5.41, 5.74) is 0. The van der Waals surface area contributed by atoms with Crippen molar-refractivity contribution in [2.45, 2.75) is 53.4 Å². The van der Waals surface area contributed by atoms with Crippen molar-refractivity contribution in [3.05, 3.63) is 0 Å². The van der Waals surface area contributed by atoms with Crippen molar-refractivity contribution in [2.75, 3.05) is 0 Å². The van der Waals surface area contributed by atoms with Gasteiger partial charge in [0, 0.05) is 0 Å². The minimum atomic E-state index is 0.921. The maximum absolute atomic E-state index is 2.43. The fourth-order valence-corrected chi connectivity index (χ4v) is 4.28. The van der Waals surface area contributed by atoms with Crippen molar-refractivity contribution in [3.8, 4) is 0 Å². The van der Waals surface area contributed by atoms with E-state index >= 15 is 0 Å². The molecule has 82 valence electrons. The van der Waals surface area contributed by atoms with E-state index in [1.54, 1.807) is 0 Å². The zero-order valence-electron chi connectivity index (χ0n) is 10.3. The van der Waals surface area contributed by atoms with Gasteiger partial charge < -0.3 is 0 Å². The standard InChI is InChI=1S/C14H26/c1-9(2)13-8-14(10(3)4)12-7-5-6-11(12)13/h9-14H,5-8H2,1-4H3. The van der Waals surface area contributed by atoms with Crippen LogP contribution in [-0.4, -0.2) is 0 Å². The SMILES string of the molecule is CC(C)C1CC(C(C)C)C2CCCC12. The molecule has 0 N–H and O–H groups in total. The minimum Gasteiger partial charge on any atom is -0.0625 e. The highest BCUT2D eigenvalue weighted by atomic mass is 14.5. The van der Waals surface area contributed by atoms with Crippen LogP contribution in [0, 0.1) is 35.5 Å². The molecule has 0 radical (unpaired) electrons. The van der Waals surface area contributed by atoms with Crippen LogP contribution in [0.25, 0.3) is 0 Å². The molecule has 0 aromatic carbocycles. The Hall–Kier alpha value is 0. The van der Waals surface area contributed by atoms with Crippen molar-refractivity contribution in [3.63, 3.8) is 0 Å². The second-order valence-electron chi connectivity index (χ2n) is 6.31. The Morgan fingerprint density at radius 3 is 1.57 bits per heavy atom. The zero-order chi connectivity index (χ0) is 10.3. The van der Waals surface area contributed by atoms with Crippen LogP contribution < -0.4 is 0 Å². The third-order valence-corrected chi connectivity index (χ3v) is 4.98. The van der Waals surface area contributed by atoms with Gasteiger partial charge in [-0.05, 0) is 54.8 Å². The van der Waals surface area contributed by atoms with Crippen LogP contribution in [0.2, 0.25) is 0 Å². The van der Waals surface area contributed by atoms with Gasteiger partial charge in [-0.3, -0.25) is 0 Å². The summed E-state index contributed by atoms with van der Waals surface area (Å²) in [5, 5.41) is 0. The molecular weight excluding hydrogens is 168 g/mol. The topological polar surface area (TPSA) is 0 Å². The van der Waals surface area contributed by atoms with Gasteiger partial charge in [0.25, 0.3) is 0 Å². The fourth-order valence-electron chi connectivity index (χ4n) is 4.28. The van der Waals surface area contributed by atoms with E-state index in [-0.39, 0.29) is 0 Å². The number of hydrogen-bond donors (Lipinski definition) is 0. The molecule has 0 spiro atoms. The molecule has 0 heteroatoms. The van der Waals surface area contributed by atoms with Gasteiger partial charge in [0.15, 0.2) is 0 Å². The Balaban J connectivity index is 2.11. The lowest BCUT2D eigenvalue weighted by Gasteiger charge is -2.22. The van der Waals surface area contributed by atoms with Crippen LogP contribution in [0.15, 0.2) is 0 Å². The number of rotatable bonds is 2. The first-order valence-electron chi connectivity index (χ1n) is 6.61. The average Bonchev–Trinajstić information content (AvgIpc) is 2.59. The van der Waals surface area contributed by atoms with E-state index in [1.807, 2.05) is 0 Å². The predicted octanol–water partition coefficient (Wildman–Crippen LogP) is 4.35. The maximum atomic E-state index is 2.43. The third-order valence-electron chi connectivity index (χ3n) is 4.98. The molecular formula is C14H26. The van der Waals surface area contributed by atoms with Gasteiger partial charge >= 0.3 is 0 Å². The smallest absolute Gasteiger partial charge is 0.0352 e. The highest BCUT2D eigenvalue weighted by Gasteiger charge is 2.46. The first kappa shape index (κ1) is 10.5. The second-order valence-corrected chi connectivity index (χ2v) is 6.31. The summed E-state index contributed by atoms with van der Waals surface area (Å²) in [4.78, 5) is 0. The summed E-state index contributed by atoms with van der Waals surface area (Å²) >= 11 is 0. The predicted molar refractivity (Wildman–Crippen MR) is 62.1 cm³/mol. The summed E-state index contributed by atoms with van der Waals surface area (Å²) in [6, 6.07) is 0. The van der Waals surface area contributed by atoms with Crippen LogP contribution in [0.5, 0.6) is 0 Å². The van der Waals surface area contributed by atoms with Gasteiger partial charge in [-0.25, -0.2) is 0 Å². The Kier molecular flexibility index (Phi) is 2.91. The normalized spacial score (nSPS) is 42.4. The molecule has 4 atom stereocenters. The van der Waals surface area contributed by atoms with E-state index in [1.165, 1.54) is 25.7 Å². The molecule has 14 heavy (non-hydrogen) atoms. The molecule has 2 fully saturated rings. The molecule has 0 heterocycles. The van der Waals surface area contributed by atoms with Crippen molar-refractivity contribution in [1.29, 1.82) is 0 Å². The van der Waals surface area contributed by atoms with Crippen molar-refractivity contribution < 1.29 is 0 Å². The molecule has 0 saturated heterocycles. The van der Waals surface area contributed by atoms with Crippen molar-refractivity contribution in [2.24, 2.45) is 35.5 Å². The number of fused-ring (bicyclic) bond motifs is 1. The molecule has 0 aromatic heterocycles. The molecule has 0 bridgehead atoms. The molecule has 0 aliphatic heterocycles. The van der Waals surface area contributed by atoms with E-state index in [4.69, 9.17) is 0 Å². The molecule has 0 nitrogen and oxygen atoms in total. The lowest BCUT2D eigenvalue weighted by molar-refractivity contribution is 0.265. The van der Waals surface area contributed by atoms with Gasteiger partial charge in [-0.2, -0.15) is 0 Å². The van der Waals surface area contributed by atoms with Crippen LogP contribution in [-0.2, 0) is 0 Å². The van der Waals surface area contributed by atoms with Gasteiger partial charge in [-0.15, -0.1) is 0 Å². The molecule has 2 rings (SSSR count). The molecule has 2 saturated carbocycles. The van der Waals surface area contributed by atoms with E-state index in [0.717, 1.165) is 35.5 Å². The highest BCUT2D eigenvalue weighted by Crippen LogP contribution is 2.55. The molecule has 2 aliphatic rings. The van der Waals surface area contributed by atoms with E-state index < -0.39 is 0 Å². The molecule has 0 aromatic rings. The van der Waals surface area contributed by atoms with Gasteiger partial charge in [-0.1, -0.05) is 34.1 Å². The first-order valence-corrected chi connectivity index (χ1v) is 6.61. The minimum absolute atomic E-state index is 0.921. The van der Waals surface area contributed by atoms with Crippen LogP contribution in [0.1, 0.15) is 53.4 Å². The van der Waals surface area contributed by atoms with Crippen LogP contribution in [0.3, 0.4) is 0 Å². The summed E-state index contributed by atoms with van der Waals surface area (Å²) in [6.45, 7) is 9.73. The Morgan fingerprint density at radius 2 is 1.21 bits per heavy atom. The molecule has 4 unspecified atom stereocenters. The Labute approximate surface area is 89.5 Å². The summed E-state index contributed by atoms with van der Waals surface area (Å²) in [5.74, 6) is 6.14. The largest absolute Gasteiger partial charge is 0.0625 e. The summed E-state index contributed by atoms with van der Waals surface area (Å²) in [6.07, 6.45) is 6.12. The first-order chi connectivity index (χ1) is 6.61. The van der Waals surface area contributed by atoms with Crippen molar-refractivity contribution in [1.82, 2.24) is 0 Å². The highest BCUT2D eigenvalue weighted by molar-refractivity contribution is 4.96. The Morgan fingerprint density at radius 1 is 0.786 bits per heavy atom. The second kappa shape index (κ2) is 3.87. The molecule has 0 amide bonds. The number of hydrogen-bond acceptors (Lipinski definition) is 0. The van der Waals surface area contributed by atoms with Crippen LogP contribution >= 0.6 is 0 Å². The van der Waals surface area contributed by atoms with E-state index in [2.05, 4.69) is 27.7 Å². The quantitative estimate of drug-likeness (QED) is 0.613. The van der Waals surface area contributed by atoms with Gasteiger partial charge in [0.2, 0.25) is 0 Å². The van der Waals surface area contributed by atoms with E-state index in [0.29, 0.717) is 0 Å². The van der Waals surface area contributed by atoms with Crippen LogP contribution in [0.4, 0.5) is 0 Å². The fraction of sp³-hybridized carbons (Fsp3) is 1.00. The van der Waals surface area contributed by atoms with Gasteiger partial charge in [0.1, 0.15) is 0 Å². The van der Waals surface area contributed by atoms with Gasteiger partial charge in [0.05, 0.1) is 0 Å². The summed E-state index contributed by atoms with van der Waals surface area (Å²) < 4.78 is 0. The Bertz CT molecular complexity index is 168. The summed E-state index contributed by atoms with van der Waals surface area (Å²) in [7, 11) is 0. The lowest BCUT2D eigenvalue weighted by Crippen LogP contribution is -2.16. The zero-order valence-corrected chi connectivity index (χ0v) is 10.3.